The van der Waals surface area contributed by atoms with Gasteiger partial charge < -0.3 is 4.42 Å². The third-order valence-electron chi connectivity index (χ3n) is 2.40. The van der Waals surface area contributed by atoms with Crippen molar-refractivity contribution in [2.45, 2.75) is 12.1 Å². The number of furan rings is 1. The van der Waals surface area contributed by atoms with Crippen molar-refractivity contribution >= 4 is 34.8 Å². The molecule has 0 fully saturated rings. The summed E-state index contributed by atoms with van der Waals surface area (Å²) in [6.07, 6.45) is 4.91. The van der Waals surface area contributed by atoms with Gasteiger partial charge in [0.2, 0.25) is 0 Å². The number of fused-ring (bicyclic) bond motifs is 1. The summed E-state index contributed by atoms with van der Waals surface area (Å²) >= 11 is 1.56. The van der Waals surface area contributed by atoms with E-state index in [-0.39, 0.29) is 0 Å². The molecule has 19 heavy (non-hydrogen) atoms. The second kappa shape index (κ2) is 5.23. The lowest BCUT2D eigenvalue weighted by Gasteiger charge is -1.99. The fourth-order valence-corrected chi connectivity index (χ4v) is 2.15. The Kier molecular flexibility index (Phi) is 3.28. The Morgan fingerprint density at radius 2 is 2.42 bits per heavy atom. The fourth-order valence-electron chi connectivity index (χ4n) is 1.58. The maximum absolute atomic E-state index is 5.21. The van der Waals surface area contributed by atoms with Gasteiger partial charge in [-0.25, -0.2) is 15.0 Å². The van der Waals surface area contributed by atoms with Crippen LogP contribution in [0.3, 0.4) is 0 Å². The normalized spacial score (nSPS) is 11.6. The molecule has 0 aliphatic carbocycles. The molecule has 0 radical (unpaired) electrons. The molecule has 3 aromatic rings. The summed E-state index contributed by atoms with van der Waals surface area (Å²) in [6, 6.07) is 3.64. The molecule has 0 aromatic carbocycles. The maximum Gasteiger partial charge on any atom is 0.191 e. The Balaban J connectivity index is 2.03. The first kappa shape index (κ1) is 11.9. The second-order valence-corrected chi connectivity index (χ2v) is 4.90. The molecule has 0 unspecified atom stereocenters. The van der Waals surface area contributed by atoms with Gasteiger partial charge in [0, 0.05) is 0 Å². The average Bonchev–Trinajstić information content (AvgIpc) is 3.07. The van der Waals surface area contributed by atoms with Crippen molar-refractivity contribution in [3.63, 3.8) is 0 Å². The van der Waals surface area contributed by atoms with Crippen molar-refractivity contribution in [1.29, 1.82) is 0 Å². The number of aromatic nitrogens is 4. The van der Waals surface area contributed by atoms with E-state index in [1.807, 2.05) is 12.1 Å². The zero-order valence-corrected chi connectivity index (χ0v) is 11.0. The molecule has 0 atom stereocenters. The van der Waals surface area contributed by atoms with E-state index >= 15 is 0 Å². The van der Waals surface area contributed by atoms with Crippen LogP contribution in [0, 0.1) is 0 Å². The number of nitrogens with one attached hydrogen (secondary N) is 1. The molecule has 0 spiro atoms. The van der Waals surface area contributed by atoms with Gasteiger partial charge in [-0.05, 0) is 17.9 Å². The molecule has 3 rings (SSSR count). The van der Waals surface area contributed by atoms with Gasteiger partial charge in [0.1, 0.15) is 5.76 Å². The van der Waals surface area contributed by atoms with Crippen molar-refractivity contribution in [3.05, 3.63) is 30.4 Å². The molecule has 96 valence electrons. The van der Waals surface area contributed by atoms with Crippen molar-refractivity contribution in [2.75, 3.05) is 5.75 Å². The van der Waals surface area contributed by atoms with Crippen molar-refractivity contribution in [3.8, 4) is 0 Å². The lowest BCUT2D eigenvalue weighted by Crippen LogP contribution is -1.89. The zero-order chi connectivity index (χ0) is 13.1. The predicted molar refractivity (Wildman–Crippen MR) is 74.0 cm³/mol. The molecule has 0 aliphatic heterocycles. The fraction of sp³-hybridized carbons (Fsp3) is 0.167. The number of H-pyrrole nitrogens is 1. The summed E-state index contributed by atoms with van der Waals surface area (Å²) in [6.45, 7) is 2.05. The van der Waals surface area contributed by atoms with Crippen LogP contribution in [-0.4, -0.2) is 32.1 Å². The molecule has 0 saturated carbocycles. The Bertz CT molecular complexity index is 704. The van der Waals surface area contributed by atoms with Crippen LogP contribution < -0.4 is 0 Å². The summed E-state index contributed by atoms with van der Waals surface area (Å²) in [5, 5.41) is 8.29. The standard InChI is InChI=1S/C12H11N5OS/c1-2-19-12-15-10(9-7-14-17-11(9)16-12)13-6-8-4-3-5-18-8/h3-7H,2H2,1H3,(H,14,15,16,17). The van der Waals surface area contributed by atoms with Gasteiger partial charge in [-0.15, -0.1) is 0 Å². The van der Waals surface area contributed by atoms with E-state index in [1.165, 1.54) is 0 Å². The number of aliphatic imine (C=N–C) groups is 1. The van der Waals surface area contributed by atoms with Gasteiger partial charge in [0.15, 0.2) is 16.6 Å². The lowest BCUT2D eigenvalue weighted by atomic mass is 10.4. The first-order valence-electron chi connectivity index (χ1n) is 5.78. The highest BCUT2D eigenvalue weighted by Gasteiger charge is 2.08. The van der Waals surface area contributed by atoms with E-state index in [1.54, 1.807) is 30.4 Å². The molecule has 0 saturated heterocycles. The van der Waals surface area contributed by atoms with Crippen LogP contribution >= 0.6 is 11.8 Å². The first-order chi connectivity index (χ1) is 9.36. The number of hydrogen-bond donors (Lipinski definition) is 1. The van der Waals surface area contributed by atoms with Crippen LogP contribution in [0.15, 0.2) is 39.2 Å². The van der Waals surface area contributed by atoms with Crippen molar-refractivity contribution in [2.24, 2.45) is 4.99 Å². The second-order valence-electron chi connectivity index (χ2n) is 3.67. The third-order valence-corrected chi connectivity index (χ3v) is 3.13. The van der Waals surface area contributed by atoms with E-state index in [0.29, 0.717) is 22.4 Å². The zero-order valence-electron chi connectivity index (χ0n) is 10.2. The van der Waals surface area contributed by atoms with E-state index in [4.69, 9.17) is 4.42 Å². The minimum Gasteiger partial charge on any atom is -0.463 e. The largest absolute Gasteiger partial charge is 0.463 e. The Hall–Kier alpha value is -2.15. The van der Waals surface area contributed by atoms with E-state index < -0.39 is 0 Å². The Morgan fingerprint density at radius 3 is 3.21 bits per heavy atom. The molecule has 7 heteroatoms. The molecule has 6 nitrogen and oxygen atoms in total. The number of hydrogen-bond acceptors (Lipinski definition) is 6. The monoisotopic (exact) mass is 273 g/mol. The van der Waals surface area contributed by atoms with E-state index in [0.717, 1.165) is 11.1 Å². The van der Waals surface area contributed by atoms with Crippen LogP contribution in [0.4, 0.5) is 5.82 Å². The smallest absolute Gasteiger partial charge is 0.191 e. The third kappa shape index (κ3) is 2.50. The van der Waals surface area contributed by atoms with Gasteiger partial charge in [-0.3, -0.25) is 5.10 Å². The van der Waals surface area contributed by atoms with Gasteiger partial charge in [-0.2, -0.15) is 5.10 Å². The average molecular weight is 273 g/mol. The van der Waals surface area contributed by atoms with Crippen molar-refractivity contribution < 1.29 is 4.42 Å². The Labute approximate surface area is 113 Å². The summed E-state index contributed by atoms with van der Waals surface area (Å²) in [4.78, 5) is 13.1. The summed E-state index contributed by atoms with van der Waals surface area (Å²) in [7, 11) is 0. The van der Waals surface area contributed by atoms with Crippen LogP contribution in [0.1, 0.15) is 12.7 Å². The maximum atomic E-state index is 5.21. The van der Waals surface area contributed by atoms with E-state index in [9.17, 15) is 0 Å². The molecule has 0 aliphatic rings. The van der Waals surface area contributed by atoms with Crippen LogP contribution in [0.5, 0.6) is 0 Å². The van der Waals surface area contributed by atoms with Gasteiger partial charge in [0.05, 0.1) is 24.1 Å². The number of nitrogens with zero attached hydrogens (tertiary/aromatic N) is 4. The summed E-state index contributed by atoms with van der Waals surface area (Å²) in [5.41, 5.74) is 0.692. The number of rotatable bonds is 4. The van der Waals surface area contributed by atoms with Crippen LogP contribution in [0.2, 0.25) is 0 Å². The molecule has 3 heterocycles. The molecular formula is C12H11N5OS. The molecule has 3 aromatic heterocycles. The Morgan fingerprint density at radius 1 is 1.47 bits per heavy atom. The lowest BCUT2D eigenvalue weighted by molar-refractivity contribution is 0.560. The van der Waals surface area contributed by atoms with Gasteiger partial charge >= 0.3 is 0 Å². The molecule has 1 N–H and O–H groups in total. The topological polar surface area (TPSA) is 80.0 Å². The van der Waals surface area contributed by atoms with Crippen LogP contribution in [0.25, 0.3) is 11.0 Å². The molecular weight excluding hydrogens is 262 g/mol. The van der Waals surface area contributed by atoms with E-state index in [2.05, 4.69) is 32.1 Å². The quantitative estimate of drug-likeness (QED) is 0.449. The number of thioether (sulfide) groups is 1. The van der Waals surface area contributed by atoms with Crippen molar-refractivity contribution in [1.82, 2.24) is 20.2 Å². The molecule has 0 amide bonds. The highest BCUT2D eigenvalue weighted by Crippen LogP contribution is 2.24. The van der Waals surface area contributed by atoms with Gasteiger partial charge in [0.25, 0.3) is 0 Å². The molecule has 0 bridgehead atoms. The highest BCUT2D eigenvalue weighted by atomic mass is 32.2. The SMILES string of the molecule is CCSc1nc(N=Cc2ccco2)c2cn[nH]c2n1. The summed E-state index contributed by atoms with van der Waals surface area (Å²) < 4.78 is 5.21. The highest BCUT2D eigenvalue weighted by molar-refractivity contribution is 7.99. The first-order valence-corrected chi connectivity index (χ1v) is 6.77. The van der Waals surface area contributed by atoms with Gasteiger partial charge in [-0.1, -0.05) is 18.7 Å². The minimum absolute atomic E-state index is 0.589. The summed E-state index contributed by atoms with van der Waals surface area (Å²) in [5.74, 6) is 2.17. The number of aromatic amines is 1. The minimum atomic E-state index is 0.589. The predicted octanol–water partition coefficient (Wildman–Crippen LogP) is 2.81. The van der Waals surface area contributed by atoms with Crippen LogP contribution in [-0.2, 0) is 0 Å².